The zero-order chi connectivity index (χ0) is 22.2. The molecule has 11 heteroatoms. The van der Waals surface area contributed by atoms with E-state index in [0.717, 1.165) is 28.1 Å². The molecule has 1 N–H and O–H groups in total. The van der Waals surface area contributed by atoms with Crippen LogP contribution >= 0.6 is 11.3 Å². The van der Waals surface area contributed by atoms with Gasteiger partial charge in [-0.2, -0.15) is 4.31 Å². The minimum absolute atomic E-state index is 0.0185. The molecule has 2 aromatic heterocycles. The van der Waals surface area contributed by atoms with E-state index in [2.05, 4.69) is 10.4 Å². The standard InChI is InChI=1S/C20H21FN4O4S2/c1-2-15-11-17-19(30-15)22-12-25(20(17)27)23-18(26)13-7-9-24(10-8-13)31(28,29)16-5-3-14(21)4-6-16/h3-6,11-13H,2,7-10H2,1H3,(H,23,26). The fourth-order valence-electron chi connectivity index (χ4n) is 3.55. The van der Waals surface area contributed by atoms with Crippen molar-refractivity contribution >= 4 is 37.5 Å². The molecule has 1 aliphatic heterocycles. The average molecular weight is 465 g/mol. The van der Waals surface area contributed by atoms with Gasteiger partial charge < -0.3 is 0 Å². The molecule has 4 rings (SSSR count). The molecule has 1 aromatic carbocycles. The number of amides is 1. The van der Waals surface area contributed by atoms with Crippen molar-refractivity contribution in [3.05, 3.63) is 57.7 Å². The molecule has 1 aliphatic rings. The third-order valence-corrected chi connectivity index (χ3v) is 8.46. The molecule has 164 valence electrons. The Morgan fingerprint density at radius 1 is 1.26 bits per heavy atom. The van der Waals surface area contributed by atoms with E-state index in [-0.39, 0.29) is 29.5 Å². The summed E-state index contributed by atoms with van der Waals surface area (Å²) in [5.41, 5.74) is 2.25. The lowest BCUT2D eigenvalue weighted by molar-refractivity contribution is -0.121. The van der Waals surface area contributed by atoms with Gasteiger partial charge in [0.1, 0.15) is 17.0 Å². The van der Waals surface area contributed by atoms with Crippen LogP contribution in [-0.4, -0.2) is 41.4 Å². The maximum Gasteiger partial charge on any atom is 0.280 e. The van der Waals surface area contributed by atoms with Gasteiger partial charge in [-0.25, -0.2) is 22.5 Å². The van der Waals surface area contributed by atoms with Crippen LogP contribution < -0.4 is 11.0 Å². The number of carbonyl (C=O) groups excluding carboxylic acids is 1. The lowest BCUT2D eigenvalue weighted by atomic mass is 9.98. The topological polar surface area (TPSA) is 101 Å². The molecule has 1 amide bonds. The number of carbonyl (C=O) groups is 1. The number of piperidine rings is 1. The molecule has 1 fully saturated rings. The number of sulfonamides is 1. The summed E-state index contributed by atoms with van der Waals surface area (Å²) in [6, 6.07) is 6.46. The number of nitrogens with zero attached hydrogens (tertiary/aromatic N) is 3. The summed E-state index contributed by atoms with van der Waals surface area (Å²) in [6.45, 7) is 2.32. The van der Waals surface area contributed by atoms with Crippen LogP contribution in [0.4, 0.5) is 4.39 Å². The van der Waals surface area contributed by atoms with Crippen LogP contribution in [0, 0.1) is 11.7 Å². The summed E-state index contributed by atoms with van der Waals surface area (Å²) in [5.74, 6) is -1.30. The first-order valence-electron chi connectivity index (χ1n) is 9.86. The van der Waals surface area contributed by atoms with E-state index in [0.29, 0.717) is 23.1 Å². The van der Waals surface area contributed by atoms with Crippen LogP contribution in [0.2, 0.25) is 0 Å². The molecule has 0 aliphatic carbocycles. The molecule has 0 unspecified atom stereocenters. The molecule has 8 nitrogen and oxygen atoms in total. The summed E-state index contributed by atoms with van der Waals surface area (Å²) in [6.07, 6.45) is 2.73. The summed E-state index contributed by atoms with van der Waals surface area (Å²) in [4.78, 5) is 31.3. The first-order chi connectivity index (χ1) is 14.8. The van der Waals surface area contributed by atoms with Crippen molar-refractivity contribution in [2.45, 2.75) is 31.1 Å². The number of hydrogen-bond donors (Lipinski definition) is 1. The van der Waals surface area contributed by atoms with Crippen molar-refractivity contribution in [2.24, 2.45) is 5.92 Å². The molecule has 31 heavy (non-hydrogen) atoms. The van der Waals surface area contributed by atoms with Gasteiger partial charge in [0, 0.05) is 23.9 Å². The second-order valence-corrected chi connectivity index (χ2v) is 10.4. The minimum atomic E-state index is -3.75. The fraction of sp³-hybridized carbons (Fsp3) is 0.350. The third kappa shape index (κ3) is 4.25. The molecule has 0 radical (unpaired) electrons. The quantitative estimate of drug-likeness (QED) is 0.625. The van der Waals surface area contributed by atoms with Gasteiger partial charge in [-0.15, -0.1) is 11.3 Å². The predicted molar refractivity (Wildman–Crippen MR) is 116 cm³/mol. The van der Waals surface area contributed by atoms with Crippen LogP contribution in [0.15, 0.2) is 46.3 Å². The van der Waals surface area contributed by atoms with Crippen molar-refractivity contribution in [1.29, 1.82) is 0 Å². The van der Waals surface area contributed by atoms with E-state index in [1.165, 1.54) is 34.1 Å². The number of benzene rings is 1. The molecule has 0 bridgehead atoms. The maximum atomic E-state index is 13.1. The van der Waals surface area contributed by atoms with Gasteiger partial charge in [0.25, 0.3) is 5.56 Å². The Morgan fingerprint density at radius 2 is 1.94 bits per heavy atom. The molecule has 0 spiro atoms. The summed E-state index contributed by atoms with van der Waals surface area (Å²) in [5, 5.41) is 0.463. The van der Waals surface area contributed by atoms with Crippen molar-refractivity contribution in [3.63, 3.8) is 0 Å². The Kier molecular flexibility index (Phi) is 5.91. The summed E-state index contributed by atoms with van der Waals surface area (Å²) < 4.78 is 40.9. The number of hydrogen-bond acceptors (Lipinski definition) is 6. The first kappa shape index (κ1) is 21.6. The van der Waals surface area contributed by atoms with Gasteiger partial charge in [-0.05, 0) is 49.6 Å². The Hall–Kier alpha value is -2.63. The van der Waals surface area contributed by atoms with Gasteiger partial charge >= 0.3 is 0 Å². The number of fused-ring (bicyclic) bond motifs is 1. The second kappa shape index (κ2) is 8.48. The van der Waals surface area contributed by atoms with E-state index >= 15 is 0 Å². The highest BCUT2D eigenvalue weighted by atomic mass is 32.2. The van der Waals surface area contributed by atoms with Crippen LogP contribution in [0.3, 0.4) is 0 Å². The van der Waals surface area contributed by atoms with Crippen LogP contribution in [0.1, 0.15) is 24.6 Å². The Labute approximate surface area is 182 Å². The fourth-order valence-corrected chi connectivity index (χ4v) is 5.95. The van der Waals surface area contributed by atoms with Crippen LogP contribution in [-0.2, 0) is 21.2 Å². The summed E-state index contributed by atoms with van der Waals surface area (Å²) >= 11 is 1.45. The monoisotopic (exact) mass is 464 g/mol. The zero-order valence-corrected chi connectivity index (χ0v) is 18.4. The van der Waals surface area contributed by atoms with Gasteiger partial charge in [0.05, 0.1) is 10.3 Å². The first-order valence-corrected chi connectivity index (χ1v) is 12.1. The Balaban J connectivity index is 1.43. The minimum Gasteiger partial charge on any atom is -0.273 e. The Morgan fingerprint density at radius 3 is 2.58 bits per heavy atom. The van der Waals surface area contributed by atoms with Crippen LogP contribution in [0.25, 0.3) is 10.2 Å². The summed E-state index contributed by atoms with van der Waals surface area (Å²) in [7, 11) is -3.75. The van der Waals surface area contributed by atoms with E-state index in [9.17, 15) is 22.4 Å². The molecule has 0 atom stereocenters. The second-order valence-electron chi connectivity index (χ2n) is 7.31. The number of aryl methyl sites for hydroxylation is 1. The SMILES string of the molecule is CCc1cc2c(=O)n(NC(=O)C3CCN(S(=O)(=O)c4ccc(F)cc4)CC3)cnc2s1. The van der Waals surface area contributed by atoms with Gasteiger partial charge in [-0.3, -0.25) is 15.0 Å². The largest absolute Gasteiger partial charge is 0.280 e. The molecule has 0 saturated carbocycles. The van der Waals surface area contributed by atoms with Crippen molar-refractivity contribution in [2.75, 3.05) is 18.5 Å². The molecular weight excluding hydrogens is 443 g/mol. The van der Waals surface area contributed by atoms with E-state index < -0.39 is 21.8 Å². The molecule has 1 saturated heterocycles. The number of nitrogens with one attached hydrogen (secondary N) is 1. The zero-order valence-electron chi connectivity index (χ0n) is 16.7. The number of thiophene rings is 1. The molecule has 3 heterocycles. The van der Waals surface area contributed by atoms with Gasteiger partial charge in [0.15, 0.2) is 0 Å². The van der Waals surface area contributed by atoms with Gasteiger partial charge in [0.2, 0.25) is 15.9 Å². The third-order valence-electron chi connectivity index (χ3n) is 5.36. The molecule has 3 aromatic rings. The van der Waals surface area contributed by atoms with Crippen LogP contribution in [0.5, 0.6) is 0 Å². The van der Waals surface area contributed by atoms with Crippen molar-refractivity contribution in [1.82, 2.24) is 14.0 Å². The smallest absolute Gasteiger partial charge is 0.273 e. The van der Waals surface area contributed by atoms with E-state index in [1.807, 2.05) is 6.92 Å². The lowest BCUT2D eigenvalue weighted by Gasteiger charge is -2.30. The lowest BCUT2D eigenvalue weighted by Crippen LogP contribution is -2.43. The predicted octanol–water partition coefficient (Wildman–Crippen LogP) is 2.33. The molecular formula is C20H21FN4O4S2. The van der Waals surface area contributed by atoms with Crippen molar-refractivity contribution in [3.8, 4) is 0 Å². The highest BCUT2D eigenvalue weighted by Gasteiger charge is 2.32. The van der Waals surface area contributed by atoms with E-state index in [4.69, 9.17) is 0 Å². The number of aromatic nitrogens is 2. The Bertz CT molecular complexity index is 1280. The normalized spacial score (nSPS) is 15.9. The van der Waals surface area contributed by atoms with E-state index in [1.54, 1.807) is 6.07 Å². The maximum absolute atomic E-state index is 13.1. The highest BCUT2D eigenvalue weighted by molar-refractivity contribution is 7.89. The average Bonchev–Trinajstić information content (AvgIpc) is 3.20. The van der Waals surface area contributed by atoms with Crippen molar-refractivity contribution < 1.29 is 17.6 Å². The highest BCUT2D eigenvalue weighted by Crippen LogP contribution is 2.25. The number of rotatable bonds is 5. The van der Waals surface area contributed by atoms with Gasteiger partial charge in [-0.1, -0.05) is 6.92 Å². The number of halogens is 1.